The van der Waals surface area contributed by atoms with Crippen molar-refractivity contribution in [2.24, 2.45) is 5.73 Å². The summed E-state index contributed by atoms with van der Waals surface area (Å²) in [4.78, 5) is 3.98. The molecule has 3 rings (SSSR count). The fraction of sp³-hybridized carbons (Fsp3) is 0.333. The van der Waals surface area contributed by atoms with Gasteiger partial charge in [0.05, 0.1) is 0 Å². The zero-order chi connectivity index (χ0) is 13.4. The first-order valence-electron chi connectivity index (χ1n) is 6.50. The summed E-state index contributed by atoms with van der Waals surface area (Å²) >= 11 is 5.51. The third-order valence-corrected chi connectivity index (χ3v) is 5.36. The van der Waals surface area contributed by atoms with Gasteiger partial charge in [0.15, 0.2) is 0 Å². The molecule has 0 fully saturated rings. The number of nitrogens with zero attached hydrogens (tertiary/aromatic N) is 1. The van der Waals surface area contributed by atoms with Crippen LogP contribution in [0.2, 0.25) is 0 Å². The van der Waals surface area contributed by atoms with Crippen molar-refractivity contribution < 1.29 is 0 Å². The van der Waals surface area contributed by atoms with Crippen LogP contribution in [0.4, 0.5) is 5.69 Å². The van der Waals surface area contributed by atoms with Crippen LogP contribution < -0.4 is 10.6 Å². The third-order valence-electron chi connectivity index (χ3n) is 3.65. The standard InChI is InChI=1S/C15H17BrN2S/c1-10(17)13-3-2-12(8-14(13)16)18-6-4-15-11(9-18)5-7-19-15/h2-3,5,7-8,10H,4,6,9,17H2,1H3/t10-/m0/s1. The molecule has 1 atom stereocenters. The first-order valence-corrected chi connectivity index (χ1v) is 8.17. The van der Waals surface area contributed by atoms with Crippen LogP contribution >= 0.6 is 27.3 Å². The number of rotatable bonds is 2. The number of nitrogens with two attached hydrogens (primary N) is 1. The SMILES string of the molecule is C[C@H](N)c1ccc(N2CCc3sccc3C2)cc1Br. The van der Waals surface area contributed by atoms with Gasteiger partial charge in [0.25, 0.3) is 0 Å². The molecule has 19 heavy (non-hydrogen) atoms. The highest BCUT2D eigenvalue weighted by molar-refractivity contribution is 9.10. The molecule has 0 spiro atoms. The van der Waals surface area contributed by atoms with Crippen LogP contribution in [-0.4, -0.2) is 6.54 Å². The van der Waals surface area contributed by atoms with E-state index in [1.807, 2.05) is 18.3 Å². The van der Waals surface area contributed by atoms with Crippen molar-refractivity contribution in [3.05, 3.63) is 50.1 Å². The summed E-state index contributed by atoms with van der Waals surface area (Å²) in [6.45, 7) is 4.12. The molecule has 0 saturated heterocycles. The Bertz CT molecular complexity index is 592. The molecule has 1 aromatic carbocycles. The Morgan fingerprint density at radius 3 is 2.95 bits per heavy atom. The minimum Gasteiger partial charge on any atom is -0.367 e. The van der Waals surface area contributed by atoms with Crippen molar-refractivity contribution in [2.75, 3.05) is 11.4 Å². The topological polar surface area (TPSA) is 29.3 Å². The summed E-state index contributed by atoms with van der Waals surface area (Å²) in [6.07, 6.45) is 1.15. The van der Waals surface area contributed by atoms with E-state index in [2.05, 4.69) is 50.5 Å². The first kappa shape index (κ1) is 13.2. The van der Waals surface area contributed by atoms with Crippen molar-refractivity contribution >= 4 is 33.0 Å². The first-order chi connectivity index (χ1) is 9.15. The lowest BCUT2D eigenvalue weighted by Gasteiger charge is -2.29. The molecule has 2 aromatic rings. The Hall–Kier alpha value is -0.840. The van der Waals surface area contributed by atoms with Crippen molar-refractivity contribution in [3.8, 4) is 0 Å². The maximum absolute atomic E-state index is 5.95. The Balaban J connectivity index is 1.86. The second kappa shape index (κ2) is 5.27. The lowest BCUT2D eigenvalue weighted by Crippen LogP contribution is -2.29. The average molecular weight is 337 g/mol. The van der Waals surface area contributed by atoms with Gasteiger partial charge < -0.3 is 10.6 Å². The predicted octanol–water partition coefficient (Wildman–Crippen LogP) is 4.09. The van der Waals surface area contributed by atoms with Crippen LogP contribution in [0.5, 0.6) is 0 Å². The van der Waals surface area contributed by atoms with E-state index in [9.17, 15) is 0 Å². The summed E-state index contributed by atoms with van der Waals surface area (Å²) in [6, 6.07) is 8.81. The van der Waals surface area contributed by atoms with Crippen LogP contribution in [0, 0.1) is 0 Å². The van der Waals surface area contributed by atoms with Gasteiger partial charge in [-0.2, -0.15) is 0 Å². The van der Waals surface area contributed by atoms with E-state index >= 15 is 0 Å². The Labute approximate surface area is 126 Å². The molecule has 0 radical (unpaired) electrons. The summed E-state index contributed by atoms with van der Waals surface area (Å²) in [5, 5.41) is 2.20. The van der Waals surface area contributed by atoms with Gasteiger partial charge in [-0.3, -0.25) is 0 Å². The summed E-state index contributed by atoms with van der Waals surface area (Å²) in [5.41, 5.74) is 9.86. The lowest BCUT2D eigenvalue weighted by atomic mass is 10.1. The summed E-state index contributed by atoms with van der Waals surface area (Å²) in [5.74, 6) is 0. The molecule has 0 bridgehead atoms. The molecule has 100 valence electrons. The van der Waals surface area contributed by atoms with E-state index in [-0.39, 0.29) is 6.04 Å². The minimum atomic E-state index is 0.0632. The highest BCUT2D eigenvalue weighted by Gasteiger charge is 2.18. The van der Waals surface area contributed by atoms with Crippen LogP contribution in [0.15, 0.2) is 34.1 Å². The van der Waals surface area contributed by atoms with Gasteiger partial charge in [0, 0.05) is 34.2 Å². The van der Waals surface area contributed by atoms with E-state index < -0.39 is 0 Å². The number of hydrogen-bond acceptors (Lipinski definition) is 3. The summed E-state index contributed by atoms with van der Waals surface area (Å²) < 4.78 is 1.11. The van der Waals surface area contributed by atoms with Crippen molar-refractivity contribution in [1.29, 1.82) is 0 Å². The minimum absolute atomic E-state index is 0.0632. The molecule has 1 aliphatic rings. The van der Waals surface area contributed by atoms with Crippen molar-refractivity contribution in [3.63, 3.8) is 0 Å². The smallest absolute Gasteiger partial charge is 0.0440 e. The lowest BCUT2D eigenvalue weighted by molar-refractivity contribution is 0.742. The molecule has 1 aromatic heterocycles. The van der Waals surface area contributed by atoms with Crippen LogP contribution in [0.25, 0.3) is 0 Å². The van der Waals surface area contributed by atoms with Gasteiger partial charge in [-0.15, -0.1) is 11.3 Å². The number of fused-ring (bicyclic) bond motifs is 1. The number of benzene rings is 1. The molecule has 0 saturated carbocycles. The van der Waals surface area contributed by atoms with Gasteiger partial charge in [-0.05, 0) is 48.1 Å². The third kappa shape index (κ3) is 2.57. The number of halogens is 1. The number of hydrogen-bond donors (Lipinski definition) is 1. The van der Waals surface area contributed by atoms with E-state index in [4.69, 9.17) is 5.73 Å². The number of anilines is 1. The summed E-state index contributed by atoms with van der Waals surface area (Å²) in [7, 11) is 0. The van der Waals surface area contributed by atoms with Gasteiger partial charge >= 0.3 is 0 Å². The van der Waals surface area contributed by atoms with Crippen LogP contribution in [-0.2, 0) is 13.0 Å². The molecule has 0 aliphatic carbocycles. The quantitative estimate of drug-likeness (QED) is 0.894. The zero-order valence-corrected chi connectivity index (χ0v) is 13.3. The zero-order valence-electron chi connectivity index (χ0n) is 10.9. The Morgan fingerprint density at radius 2 is 2.21 bits per heavy atom. The van der Waals surface area contributed by atoms with Crippen molar-refractivity contribution in [1.82, 2.24) is 0 Å². The van der Waals surface area contributed by atoms with E-state index in [1.165, 1.54) is 11.3 Å². The molecule has 4 heteroatoms. The fourth-order valence-corrected chi connectivity index (χ4v) is 4.17. The number of thiophene rings is 1. The molecular weight excluding hydrogens is 320 g/mol. The monoisotopic (exact) mass is 336 g/mol. The van der Waals surface area contributed by atoms with Gasteiger partial charge in [0.2, 0.25) is 0 Å². The van der Waals surface area contributed by atoms with Crippen LogP contribution in [0.3, 0.4) is 0 Å². The highest BCUT2D eigenvalue weighted by atomic mass is 79.9. The van der Waals surface area contributed by atoms with Gasteiger partial charge in [0.1, 0.15) is 0 Å². The van der Waals surface area contributed by atoms with E-state index in [1.54, 1.807) is 4.88 Å². The second-order valence-corrected chi connectivity index (χ2v) is 6.89. The molecule has 2 nitrogen and oxygen atoms in total. The van der Waals surface area contributed by atoms with Crippen molar-refractivity contribution in [2.45, 2.75) is 25.9 Å². The molecule has 2 N–H and O–H groups in total. The largest absolute Gasteiger partial charge is 0.367 e. The average Bonchev–Trinajstić information content (AvgIpc) is 2.85. The second-order valence-electron chi connectivity index (χ2n) is 5.04. The maximum atomic E-state index is 5.95. The fourth-order valence-electron chi connectivity index (χ4n) is 2.55. The van der Waals surface area contributed by atoms with Crippen LogP contribution in [0.1, 0.15) is 29.0 Å². The van der Waals surface area contributed by atoms with Gasteiger partial charge in [-0.25, -0.2) is 0 Å². The van der Waals surface area contributed by atoms with Gasteiger partial charge in [-0.1, -0.05) is 22.0 Å². The molecule has 0 amide bonds. The Morgan fingerprint density at radius 1 is 1.37 bits per heavy atom. The molecule has 1 aliphatic heterocycles. The predicted molar refractivity (Wildman–Crippen MR) is 85.8 cm³/mol. The van der Waals surface area contributed by atoms with E-state index in [0.29, 0.717) is 0 Å². The maximum Gasteiger partial charge on any atom is 0.0440 e. The molecular formula is C15H17BrN2S. The molecule has 0 unspecified atom stereocenters. The normalized spacial score (nSPS) is 16.3. The Kier molecular flexibility index (Phi) is 3.65. The van der Waals surface area contributed by atoms with E-state index in [0.717, 1.165) is 29.5 Å². The molecule has 2 heterocycles. The highest BCUT2D eigenvalue weighted by Crippen LogP contribution is 2.31.